The minimum Gasteiger partial charge on any atom is -0.350 e. The minimum absolute atomic E-state index is 0.0264. The van der Waals surface area contributed by atoms with Gasteiger partial charge in [-0.1, -0.05) is 25.1 Å². The smallest absolute Gasteiger partial charge is 0.253 e. The van der Waals surface area contributed by atoms with Crippen LogP contribution in [0.5, 0.6) is 0 Å². The maximum atomic E-state index is 12.5. The van der Waals surface area contributed by atoms with Crippen LogP contribution in [0, 0.1) is 13.8 Å². The monoisotopic (exact) mass is 459 g/mol. The quantitative estimate of drug-likeness (QED) is 0.561. The van der Waals surface area contributed by atoms with Crippen molar-refractivity contribution in [2.24, 2.45) is 0 Å². The van der Waals surface area contributed by atoms with E-state index in [1.54, 1.807) is 24.3 Å². The molecule has 7 nitrogen and oxygen atoms in total. The van der Waals surface area contributed by atoms with Gasteiger partial charge in [-0.3, -0.25) is 13.9 Å². The lowest BCUT2D eigenvalue weighted by molar-refractivity contribution is -0.116. The van der Waals surface area contributed by atoms with Crippen LogP contribution in [0.25, 0.3) is 0 Å². The van der Waals surface area contributed by atoms with Crippen molar-refractivity contribution >= 4 is 33.2 Å². The highest BCUT2D eigenvalue weighted by Crippen LogP contribution is 2.22. The largest absolute Gasteiger partial charge is 0.350 e. The predicted molar refractivity (Wildman–Crippen MR) is 130 cm³/mol. The van der Waals surface area contributed by atoms with E-state index < -0.39 is 10.0 Å². The summed E-state index contributed by atoms with van der Waals surface area (Å²) >= 11 is 0. The maximum absolute atomic E-state index is 12.5. The fourth-order valence-corrected chi connectivity index (χ4v) is 4.32. The average Bonchev–Trinajstić information content (AvgIpc) is 2.69. The second-order valence-corrected chi connectivity index (χ2v) is 10.1. The first-order valence-electron chi connectivity index (χ1n) is 10.8. The van der Waals surface area contributed by atoms with Crippen LogP contribution in [-0.2, 0) is 14.8 Å². The number of rotatable bonds is 10. The number of para-hydroxylation sites is 1. The first-order chi connectivity index (χ1) is 15.0. The van der Waals surface area contributed by atoms with E-state index in [4.69, 9.17) is 0 Å². The number of carbonyl (C=O) groups excluding carboxylic acids is 2. The highest BCUT2D eigenvalue weighted by atomic mass is 32.2. The number of hydrogen-bond donors (Lipinski definition) is 2. The van der Waals surface area contributed by atoms with Crippen LogP contribution >= 0.6 is 0 Å². The molecule has 0 fully saturated rings. The van der Waals surface area contributed by atoms with Gasteiger partial charge in [-0.2, -0.15) is 0 Å². The Kier molecular flexibility index (Phi) is 8.83. The van der Waals surface area contributed by atoms with Crippen LogP contribution < -0.4 is 14.9 Å². The summed E-state index contributed by atoms with van der Waals surface area (Å²) in [7, 11) is -3.49. The summed E-state index contributed by atoms with van der Waals surface area (Å²) in [6.45, 7) is 7.92. The van der Waals surface area contributed by atoms with E-state index in [-0.39, 0.29) is 30.8 Å². The van der Waals surface area contributed by atoms with E-state index in [2.05, 4.69) is 10.6 Å². The molecule has 174 valence electrons. The molecule has 0 aromatic heterocycles. The Morgan fingerprint density at radius 2 is 1.69 bits per heavy atom. The van der Waals surface area contributed by atoms with Crippen LogP contribution in [0.1, 0.15) is 54.6 Å². The number of nitrogens with one attached hydrogen (secondary N) is 2. The third kappa shape index (κ3) is 7.37. The average molecular weight is 460 g/mol. The van der Waals surface area contributed by atoms with E-state index in [1.165, 1.54) is 4.31 Å². The zero-order chi connectivity index (χ0) is 23.9. The van der Waals surface area contributed by atoms with Gasteiger partial charge in [0.25, 0.3) is 5.91 Å². The van der Waals surface area contributed by atoms with Gasteiger partial charge in [0.2, 0.25) is 15.9 Å². The Labute approximate surface area is 191 Å². The molecule has 0 heterocycles. The predicted octanol–water partition coefficient (Wildman–Crippen LogP) is 4.02. The third-order valence-electron chi connectivity index (χ3n) is 5.10. The highest BCUT2D eigenvalue weighted by molar-refractivity contribution is 7.92. The van der Waals surface area contributed by atoms with Crippen molar-refractivity contribution in [3.05, 3.63) is 59.2 Å². The number of amides is 2. The molecule has 0 bridgehead atoms. The van der Waals surface area contributed by atoms with Crippen LogP contribution in [0.4, 0.5) is 11.4 Å². The Morgan fingerprint density at radius 1 is 1.06 bits per heavy atom. The molecule has 0 radical (unpaired) electrons. The SMILES string of the molecule is CC[C@@H](C)NC(=O)c1ccccc1NC(=O)CCCN(c1cc(C)cc(C)c1)S(C)(=O)=O. The number of hydrogen-bond acceptors (Lipinski definition) is 4. The van der Waals surface area contributed by atoms with Crippen LogP contribution in [0.15, 0.2) is 42.5 Å². The Bertz CT molecular complexity index is 1050. The van der Waals surface area contributed by atoms with Crippen molar-refractivity contribution in [1.29, 1.82) is 0 Å². The van der Waals surface area contributed by atoms with Gasteiger partial charge in [0.05, 0.1) is 23.2 Å². The number of anilines is 2. The summed E-state index contributed by atoms with van der Waals surface area (Å²) in [5.74, 6) is -0.518. The van der Waals surface area contributed by atoms with Crippen molar-refractivity contribution in [2.75, 3.05) is 22.4 Å². The van der Waals surface area contributed by atoms with Crippen molar-refractivity contribution in [2.45, 2.75) is 53.0 Å². The summed E-state index contributed by atoms with van der Waals surface area (Å²) in [6.07, 6.45) is 2.43. The molecule has 0 saturated heterocycles. The number of carbonyl (C=O) groups is 2. The molecular formula is C24H33N3O4S. The summed E-state index contributed by atoms with van der Waals surface area (Å²) < 4.78 is 26.0. The fraction of sp³-hybridized carbons (Fsp3) is 0.417. The minimum atomic E-state index is -3.49. The second-order valence-electron chi connectivity index (χ2n) is 8.16. The van der Waals surface area contributed by atoms with Gasteiger partial charge in [-0.05, 0) is 69.0 Å². The van der Waals surface area contributed by atoms with E-state index >= 15 is 0 Å². The summed E-state index contributed by atoms with van der Waals surface area (Å²) in [6, 6.07) is 12.5. The Hall–Kier alpha value is -2.87. The standard InChI is InChI=1S/C24H33N3O4S/c1-6-19(4)25-24(29)21-10-7-8-11-22(21)26-23(28)12-9-13-27(32(5,30)31)20-15-17(2)14-18(3)16-20/h7-8,10-11,14-16,19H,6,9,12-13H2,1-5H3,(H,25,29)(H,26,28)/t19-/m1/s1. The van der Waals surface area contributed by atoms with Crippen molar-refractivity contribution < 1.29 is 18.0 Å². The number of benzene rings is 2. The van der Waals surface area contributed by atoms with E-state index in [1.807, 2.05) is 45.9 Å². The summed E-state index contributed by atoms with van der Waals surface area (Å²) in [4.78, 5) is 25.0. The zero-order valence-electron chi connectivity index (χ0n) is 19.4. The fourth-order valence-electron chi connectivity index (χ4n) is 3.37. The van der Waals surface area contributed by atoms with Gasteiger partial charge < -0.3 is 10.6 Å². The molecule has 0 aliphatic carbocycles. The number of sulfonamides is 1. The molecule has 8 heteroatoms. The number of nitrogens with zero attached hydrogens (tertiary/aromatic N) is 1. The van der Waals surface area contributed by atoms with Crippen molar-refractivity contribution in [3.8, 4) is 0 Å². The lowest BCUT2D eigenvalue weighted by Gasteiger charge is -2.23. The molecule has 0 saturated carbocycles. The van der Waals surface area contributed by atoms with Gasteiger partial charge in [-0.25, -0.2) is 8.42 Å². The van der Waals surface area contributed by atoms with Crippen LogP contribution in [-0.4, -0.2) is 39.1 Å². The molecule has 2 aromatic carbocycles. The topological polar surface area (TPSA) is 95.6 Å². The number of aryl methyl sites for hydroxylation is 2. The molecule has 0 unspecified atom stereocenters. The van der Waals surface area contributed by atoms with Gasteiger partial charge in [0.1, 0.15) is 0 Å². The van der Waals surface area contributed by atoms with E-state index in [0.717, 1.165) is 23.8 Å². The lowest BCUT2D eigenvalue weighted by atomic mass is 10.1. The van der Waals surface area contributed by atoms with Crippen molar-refractivity contribution in [3.63, 3.8) is 0 Å². The van der Waals surface area contributed by atoms with E-state index in [0.29, 0.717) is 23.4 Å². The molecule has 2 amide bonds. The Balaban J connectivity index is 2.04. The first kappa shape index (κ1) is 25.4. The Morgan fingerprint density at radius 3 is 2.28 bits per heavy atom. The molecule has 0 aliphatic heterocycles. The van der Waals surface area contributed by atoms with Crippen LogP contribution in [0.3, 0.4) is 0 Å². The lowest BCUT2D eigenvalue weighted by Crippen LogP contribution is -2.33. The van der Waals surface area contributed by atoms with Gasteiger partial charge in [0, 0.05) is 19.0 Å². The van der Waals surface area contributed by atoms with Crippen LogP contribution in [0.2, 0.25) is 0 Å². The molecule has 1 atom stereocenters. The molecule has 2 N–H and O–H groups in total. The molecule has 0 aliphatic rings. The third-order valence-corrected chi connectivity index (χ3v) is 6.29. The van der Waals surface area contributed by atoms with Gasteiger partial charge >= 0.3 is 0 Å². The van der Waals surface area contributed by atoms with Gasteiger partial charge in [-0.15, -0.1) is 0 Å². The maximum Gasteiger partial charge on any atom is 0.253 e. The normalized spacial score (nSPS) is 12.2. The molecule has 2 aromatic rings. The molecule has 2 rings (SSSR count). The van der Waals surface area contributed by atoms with E-state index in [9.17, 15) is 18.0 Å². The molecule has 32 heavy (non-hydrogen) atoms. The highest BCUT2D eigenvalue weighted by Gasteiger charge is 2.19. The summed E-state index contributed by atoms with van der Waals surface area (Å²) in [5.41, 5.74) is 3.37. The molecule has 0 spiro atoms. The summed E-state index contributed by atoms with van der Waals surface area (Å²) in [5, 5.41) is 5.68. The first-order valence-corrected chi connectivity index (χ1v) is 12.6. The second kappa shape index (κ2) is 11.1. The molecular weight excluding hydrogens is 426 g/mol. The van der Waals surface area contributed by atoms with Gasteiger partial charge in [0.15, 0.2) is 0 Å². The van der Waals surface area contributed by atoms with Crippen molar-refractivity contribution in [1.82, 2.24) is 5.32 Å². The zero-order valence-corrected chi connectivity index (χ0v) is 20.3.